The third-order valence-corrected chi connectivity index (χ3v) is 2.06. The average molecular weight is 193 g/mol. The van der Waals surface area contributed by atoms with E-state index >= 15 is 0 Å². The van der Waals surface area contributed by atoms with Crippen molar-refractivity contribution in [3.63, 3.8) is 0 Å². The van der Waals surface area contributed by atoms with Crippen LogP contribution in [-0.4, -0.2) is 20.3 Å². The van der Waals surface area contributed by atoms with Gasteiger partial charge >= 0.3 is 0 Å². The van der Waals surface area contributed by atoms with Gasteiger partial charge in [0.15, 0.2) is 0 Å². The van der Waals surface area contributed by atoms with E-state index in [4.69, 9.17) is 11.0 Å². The van der Waals surface area contributed by atoms with Crippen LogP contribution in [0, 0.1) is 11.3 Å². The molecule has 0 radical (unpaired) electrons. The van der Waals surface area contributed by atoms with Gasteiger partial charge in [0.25, 0.3) is 0 Å². The lowest BCUT2D eigenvalue weighted by Gasteiger charge is -2.14. The number of nitriles is 1. The normalized spacial score (nSPS) is 14.6. The molecule has 1 atom stereocenters. The zero-order chi connectivity index (χ0) is 10.4. The van der Waals surface area contributed by atoms with Crippen molar-refractivity contribution in [3.05, 3.63) is 12.7 Å². The average Bonchev–Trinajstić information content (AvgIpc) is 2.65. The molecule has 0 aliphatic heterocycles. The van der Waals surface area contributed by atoms with E-state index in [-0.39, 0.29) is 0 Å². The summed E-state index contributed by atoms with van der Waals surface area (Å²) in [7, 11) is 0. The van der Waals surface area contributed by atoms with Crippen LogP contribution in [0.1, 0.15) is 26.2 Å². The van der Waals surface area contributed by atoms with Crippen molar-refractivity contribution in [2.24, 2.45) is 5.73 Å². The van der Waals surface area contributed by atoms with Gasteiger partial charge in [0.2, 0.25) is 0 Å². The number of nitrogens with zero attached hydrogens (tertiary/aromatic N) is 4. The number of aryl methyl sites for hydroxylation is 1. The number of unbranched alkanes of at least 4 members (excludes halogenated alkanes) is 1. The molecule has 1 heterocycles. The van der Waals surface area contributed by atoms with Crippen LogP contribution >= 0.6 is 0 Å². The van der Waals surface area contributed by atoms with Gasteiger partial charge in [-0.25, -0.2) is 4.98 Å². The fraction of sp³-hybridized carbons (Fsp3) is 0.667. The summed E-state index contributed by atoms with van der Waals surface area (Å²) in [6, 6.07) is 2.08. The highest BCUT2D eigenvalue weighted by molar-refractivity contribution is 5.00. The summed E-state index contributed by atoms with van der Waals surface area (Å²) in [6.07, 6.45) is 5.82. The molecule has 5 heteroatoms. The standard InChI is InChI=1S/C9H15N5/c1-9(11,6-10)4-2-3-5-14-8-12-7-13-14/h7-8H,2-5,11H2,1H3. The summed E-state index contributed by atoms with van der Waals surface area (Å²) in [5.74, 6) is 0. The van der Waals surface area contributed by atoms with E-state index in [0.717, 1.165) is 25.8 Å². The van der Waals surface area contributed by atoms with Crippen molar-refractivity contribution in [1.29, 1.82) is 5.26 Å². The van der Waals surface area contributed by atoms with Crippen LogP contribution in [0.15, 0.2) is 12.7 Å². The van der Waals surface area contributed by atoms with Gasteiger partial charge in [-0.15, -0.1) is 0 Å². The van der Waals surface area contributed by atoms with Crippen LogP contribution in [0.4, 0.5) is 0 Å². The predicted molar refractivity (Wildman–Crippen MR) is 52.1 cm³/mol. The lowest BCUT2D eigenvalue weighted by Crippen LogP contribution is -2.33. The number of hydrogen-bond donors (Lipinski definition) is 1. The molecule has 0 saturated carbocycles. The van der Waals surface area contributed by atoms with Gasteiger partial charge in [-0.3, -0.25) is 4.68 Å². The van der Waals surface area contributed by atoms with Crippen LogP contribution in [0.2, 0.25) is 0 Å². The molecule has 5 nitrogen and oxygen atoms in total. The van der Waals surface area contributed by atoms with Gasteiger partial charge in [-0.2, -0.15) is 10.4 Å². The minimum Gasteiger partial charge on any atom is -0.314 e. The molecule has 0 saturated heterocycles. The zero-order valence-corrected chi connectivity index (χ0v) is 8.35. The smallest absolute Gasteiger partial charge is 0.137 e. The van der Waals surface area contributed by atoms with Crippen molar-refractivity contribution >= 4 is 0 Å². The van der Waals surface area contributed by atoms with Crippen molar-refractivity contribution < 1.29 is 0 Å². The topological polar surface area (TPSA) is 80.5 Å². The zero-order valence-electron chi connectivity index (χ0n) is 8.35. The highest BCUT2D eigenvalue weighted by Gasteiger charge is 2.15. The van der Waals surface area contributed by atoms with E-state index in [0.29, 0.717) is 0 Å². The molecule has 1 unspecified atom stereocenters. The quantitative estimate of drug-likeness (QED) is 0.697. The van der Waals surface area contributed by atoms with Crippen LogP contribution in [0.5, 0.6) is 0 Å². The second kappa shape index (κ2) is 4.72. The van der Waals surface area contributed by atoms with Crippen molar-refractivity contribution in [2.75, 3.05) is 0 Å². The lowest BCUT2D eigenvalue weighted by atomic mass is 9.98. The van der Waals surface area contributed by atoms with Gasteiger partial charge in [0, 0.05) is 6.54 Å². The summed E-state index contributed by atoms with van der Waals surface area (Å²) < 4.78 is 1.78. The van der Waals surface area contributed by atoms with Gasteiger partial charge < -0.3 is 5.73 Å². The molecule has 0 spiro atoms. The second-order valence-corrected chi connectivity index (χ2v) is 3.64. The van der Waals surface area contributed by atoms with E-state index in [1.807, 2.05) is 0 Å². The number of aromatic nitrogens is 3. The summed E-state index contributed by atoms with van der Waals surface area (Å²) >= 11 is 0. The van der Waals surface area contributed by atoms with Crippen LogP contribution in [0.3, 0.4) is 0 Å². The molecular weight excluding hydrogens is 178 g/mol. The maximum Gasteiger partial charge on any atom is 0.137 e. The first-order chi connectivity index (χ1) is 6.64. The summed E-state index contributed by atoms with van der Waals surface area (Å²) in [6.45, 7) is 2.59. The monoisotopic (exact) mass is 193 g/mol. The Hall–Kier alpha value is -1.41. The number of rotatable bonds is 5. The van der Waals surface area contributed by atoms with Crippen molar-refractivity contribution in [3.8, 4) is 6.07 Å². The van der Waals surface area contributed by atoms with Crippen LogP contribution < -0.4 is 5.73 Å². The molecule has 0 aliphatic rings. The first kappa shape index (κ1) is 10.7. The molecule has 0 aliphatic carbocycles. The highest BCUT2D eigenvalue weighted by Crippen LogP contribution is 2.09. The summed E-state index contributed by atoms with van der Waals surface area (Å²) in [4.78, 5) is 3.84. The minimum atomic E-state index is -0.692. The predicted octanol–water partition coefficient (Wildman–Crippen LogP) is 0.689. The van der Waals surface area contributed by atoms with Crippen molar-refractivity contribution in [1.82, 2.24) is 14.8 Å². The van der Waals surface area contributed by atoms with E-state index in [9.17, 15) is 0 Å². The fourth-order valence-corrected chi connectivity index (χ4v) is 1.17. The van der Waals surface area contributed by atoms with E-state index in [1.54, 1.807) is 17.9 Å². The molecule has 0 amide bonds. The molecule has 1 rings (SSSR count). The second-order valence-electron chi connectivity index (χ2n) is 3.64. The number of nitrogens with two attached hydrogens (primary N) is 1. The van der Waals surface area contributed by atoms with Gasteiger partial charge in [-0.05, 0) is 26.2 Å². The van der Waals surface area contributed by atoms with E-state index in [2.05, 4.69) is 16.2 Å². The summed E-state index contributed by atoms with van der Waals surface area (Å²) in [5.41, 5.74) is 4.99. The van der Waals surface area contributed by atoms with Gasteiger partial charge in [0.05, 0.1) is 6.07 Å². The maximum atomic E-state index is 8.67. The minimum absolute atomic E-state index is 0.692. The largest absolute Gasteiger partial charge is 0.314 e. The third-order valence-electron chi connectivity index (χ3n) is 2.06. The SMILES string of the molecule is CC(N)(C#N)CCCCn1cncn1. The van der Waals surface area contributed by atoms with E-state index in [1.165, 1.54) is 6.33 Å². The Bertz CT molecular complexity index is 296. The van der Waals surface area contributed by atoms with Crippen LogP contribution in [0.25, 0.3) is 0 Å². The first-order valence-corrected chi connectivity index (χ1v) is 4.66. The van der Waals surface area contributed by atoms with Gasteiger partial charge in [0.1, 0.15) is 18.2 Å². The molecule has 0 bridgehead atoms. The summed E-state index contributed by atoms with van der Waals surface area (Å²) in [5, 5.41) is 12.7. The Balaban J connectivity index is 2.15. The van der Waals surface area contributed by atoms with E-state index < -0.39 is 5.54 Å². The molecule has 0 fully saturated rings. The Morgan fingerprint density at radius 1 is 1.57 bits per heavy atom. The molecule has 1 aromatic rings. The Morgan fingerprint density at radius 2 is 2.36 bits per heavy atom. The molecule has 14 heavy (non-hydrogen) atoms. The molecule has 2 N–H and O–H groups in total. The molecular formula is C9H15N5. The van der Waals surface area contributed by atoms with Crippen molar-refractivity contribution in [2.45, 2.75) is 38.3 Å². The fourth-order valence-electron chi connectivity index (χ4n) is 1.17. The molecule has 0 aromatic carbocycles. The van der Waals surface area contributed by atoms with Crippen LogP contribution in [-0.2, 0) is 6.54 Å². The molecule has 76 valence electrons. The first-order valence-electron chi connectivity index (χ1n) is 4.66. The highest BCUT2D eigenvalue weighted by atomic mass is 15.3. The number of hydrogen-bond acceptors (Lipinski definition) is 4. The lowest BCUT2D eigenvalue weighted by molar-refractivity contribution is 0.474. The Labute approximate surface area is 83.5 Å². The molecule has 1 aromatic heterocycles. The third kappa shape index (κ3) is 3.54. The maximum absolute atomic E-state index is 8.67. The Morgan fingerprint density at radius 3 is 2.93 bits per heavy atom. The van der Waals surface area contributed by atoms with Gasteiger partial charge in [-0.1, -0.05) is 0 Å². The Kier molecular flexibility index (Phi) is 3.60.